The molecule has 0 radical (unpaired) electrons. The van der Waals surface area contributed by atoms with E-state index in [1.807, 2.05) is 60.7 Å². The molecule has 0 unspecified atom stereocenters. The number of rotatable bonds is 4. The molecule has 0 N–H and O–H groups in total. The van der Waals surface area contributed by atoms with Gasteiger partial charge in [-0.25, -0.2) is 9.69 Å². The van der Waals surface area contributed by atoms with Crippen LogP contribution in [0, 0.1) is 0 Å². The summed E-state index contributed by atoms with van der Waals surface area (Å²) in [5.41, 5.74) is 1.07. The van der Waals surface area contributed by atoms with Gasteiger partial charge in [0.1, 0.15) is 5.60 Å². The zero-order valence-electron chi connectivity index (χ0n) is 14.8. The Kier molecular flexibility index (Phi) is 6.12. The van der Waals surface area contributed by atoms with Gasteiger partial charge >= 0.3 is 6.09 Å². The number of carbonyl (C=O) groups is 2. The standard InChI is InChI=1S/C21H23NO3/c1-21(2,3)25-20(24)22(16-18-12-8-5-9-13-18)19(23)15-14-17-10-6-4-7-11-17/h4-15H,16H2,1-3H3. The smallest absolute Gasteiger partial charge is 0.417 e. The fourth-order valence-electron chi connectivity index (χ4n) is 2.14. The molecule has 2 amide bonds. The van der Waals surface area contributed by atoms with Crippen molar-refractivity contribution >= 4 is 18.1 Å². The van der Waals surface area contributed by atoms with E-state index >= 15 is 0 Å². The van der Waals surface area contributed by atoms with Crippen molar-refractivity contribution in [2.75, 3.05) is 0 Å². The lowest BCUT2D eigenvalue weighted by atomic mass is 10.2. The van der Waals surface area contributed by atoms with Gasteiger partial charge in [-0.1, -0.05) is 60.7 Å². The third-order valence-electron chi connectivity index (χ3n) is 3.28. The van der Waals surface area contributed by atoms with Crippen molar-refractivity contribution < 1.29 is 14.3 Å². The van der Waals surface area contributed by atoms with E-state index in [4.69, 9.17) is 4.74 Å². The summed E-state index contributed by atoms with van der Waals surface area (Å²) in [4.78, 5) is 26.2. The highest BCUT2D eigenvalue weighted by Crippen LogP contribution is 2.14. The van der Waals surface area contributed by atoms with Crippen molar-refractivity contribution in [3.05, 3.63) is 77.9 Å². The predicted octanol–water partition coefficient (Wildman–Crippen LogP) is 4.66. The van der Waals surface area contributed by atoms with Gasteiger partial charge in [-0.3, -0.25) is 4.79 Å². The molecule has 2 aromatic carbocycles. The first-order valence-electron chi connectivity index (χ1n) is 8.17. The first-order valence-corrected chi connectivity index (χ1v) is 8.17. The number of nitrogens with zero attached hydrogens (tertiary/aromatic N) is 1. The van der Waals surface area contributed by atoms with Gasteiger partial charge in [0, 0.05) is 6.08 Å². The van der Waals surface area contributed by atoms with Crippen molar-refractivity contribution in [1.29, 1.82) is 0 Å². The molecule has 0 saturated carbocycles. The molecule has 0 aliphatic rings. The minimum atomic E-state index is -0.671. The van der Waals surface area contributed by atoms with Crippen LogP contribution in [0.15, 0.2) is 66.7 Å². The average molecular weight is 337 g/mol. The number of hydrogen-bond donors (Lipinski definition) is 0. The van der Waals surface area contributed by atoms with Crippen LogP contribution in [0.4, 0.5) is 4.79 Å². The fourth-order valence-corrected chi connectivity index (χ4v) is 2.14. The number of benzene rings is 2. The lowest BCUT2D eigenvalue weighted by molar-refractivity contribution is -0.125. The lowest BCUT2D eigenvalue weighted by Gasteiger charge is -2.25. The second kappa shape index (κ2) is 8.29. The monoisotopic (exact) mass is 337 g/mol. The Morgan fingerprint density at radius 3 is 2.08 bits per heavy atom. The Balaban J connectivity index is 2.19. The van der Waals surface area contributed by atoms with Crippen LogP contribution in [0.25, 0.3) is 6.08 Å². The minimum absolute atomic E-state index is 0.160. The highest BCUT2D eigenvalue weighted by molar-refractivity contribution is 6.00. The van der Waals surface area contributed by atoms with Crippen LogP contribution in [0.3, 0.4) is 0 Å². The zero-order valence-corrected chi connectivity index (χ0v) is 14.8. The van der Waals surface area contributed by atoms with E-state index in [0.717, 1.165) is 16.0 Å². The van der Waals surface area contributed by atoms with Crippen molar-refractivity contribution in [2.45, 2.75) is 32.9 Å². The van der Waals surface area contributed by atoms with Gasteiger partial charge in [0.15, 0.2) is 0 Å². The van der Waals surface area contributed by atoms with Crippen LogP contribution >= 0.6 is 0 Å². The van der Waals surface area contributed by atoms with Gasteiger partial charge in [-0.05, 0) is 38.0 Å². The quantitative estimate of drug-likeness (QED) is 0.762. The second-order valence-corrected chi connectivity index (χ2v) is 6.63. The number of ether oxygens (including phenoxy) is 1. The van der Waals surface area contributed by atoms with Crippen molar-refractivity contribution in [1.82, 2.24) is 4.90 Å². The second-order valence-electron chi connectivity index (χ2n) is 6.63. The molecule has 0 aliphatic carbocycles. The summed E-state index contributed by atoms with van der Waals surface area (Å²) in [7, 11) is 0. The number of imide groups is 1. The SMILES string of the molecule is CC(C)(C)OC(=O)N(Cc1ccccc1)C(=O)C=Cc1ccccc1. The molecule has 0 atom stereocenters. The summed E-state index contributed by atoms with van der Waals surface area (Å²) in [5, 5.41) is 0. The molecular formula is C21H23NO3. The predicted molar refractivity (Wildman–Crippen MR) is 98.7 cm³/mol. The van der Waals surface area contributed by atoms with Crippen LogP contribution in [0.2, 0.25) is 0 Å². The molecule has 4 heteroatoms. The first-order chi connectivity index (χ1) is 11.8. The fraction of sp³-hybridized carbons (Fsp3) is 0.238. The van der Waals surface area contributed by atoms with Crippen LogP contribution in [0.1, 0.15) is 31.9 Å². The van der Waals surface area contributed by atoms with Gasteiger partial charge < -0.3 is 4.74 Å². The van der Waals surface area contributed by atoms with E-state index in [1.165, 1.54) is 6.08 Å². The first kappa shape index (κ1) is 18.5. The van der Waals surface area contributed by atoms with E-state index in [2.05, 4.69) is 0 Å². The molecule has 0 fully saturated rings. The van der Waals surface area contributed by atoms with Crippen molar-refractivity contribution in [2.24, 2.45) is 0 Å². The Hall–Kier alpha value is -2.88. The molecule has 0 spiro atoms. The molecule has 4 nitrogen and oxygen atoms in total. The summed E-state index contributed by atoms with van der Waals surface area (Å²) >= 11 is 0. The Morgan fingerprint density at radius 2 is 1.52 bits per heavy atom. The zero-order chi connectivity index (χ0) is 18.3. The maximum atomic E-state index is 12.6. The molecular weight excluding hydrogens is 314 g/mol. The van der Waals surface area contributed by atoms with Gasteiger partial charge in [-0.2, -0.15) is 0 Å². The number of hydrogen-bond acceptors (Lipinski definition) is 3. The molecule has 2 aromatic rings. The topological polar surface area (TPSA) is 46.6 Å². The van der Waals surface area contributed by atoms with Crippen LogP contribution in [0.5, 0.6) is 0 Å². The van der Waals surface area contributed by atoms with Gasteiger partial charge in [0.25, 0.3) is 5.91 Å². The van der Waals surface area contributed by atoms with Crippen molar-refractivity contribution in [3.8, 4) is 0 Å². The van der Waals surface area contributed by atoms with E-state index in [0.29, 0.717) is 0 Å². The third kappa shape index (κ3) is 6.26. The Morgan fingerprint density at radius 1 is 0.960 bits per heavy atom. The van der Waals surface area contributed by atoms with Gasteiger partial charge in [0.2, 0.25) is 0 Å². The Bertz CT molecular complexity index is 731. The highest BCUT2D eigenvalue weighted by Gasteiger charge is 2.26. The molecule has 2 rings (SSSR count). The third-order valence-corrected chi connectivity index (χ3v) is 3.28. The number of carbonyl (C=O) groups excluding carboxylic acids is 2. The largest absolute Gasteiger partial charge is 0.443 e. The summed E-state index contributed by atoms with van der Waals surface area (Å²) in [6.45, 7) is 5.48. The van der Waals surface area contributed by atoms with E-state index in [-0.39, 0.29) is 6.54 Å². The average Bonchev–Trinajstić information content (AvgIpc) is 2.58. The molecule has 0 bridgehead atoms. The lowest BCUT2D eigenvalue weighted by Crippen LogP contribution is -2.39. The summed E-state index contributed by atoms with van der Waals surface area (Å²) in [5.74, 6) is -0.415. The normalized spacial score (nSPS) is 11.3. The van der Waals surface area contributed by atoms with Crippen LogP contribution in [-0.2, 0) is 16.1 Å². The summed E-state index contributed by atoms with van der Waals surface area (Å²) in [6, 6.07) is 18.8. The molecule has 130 valence electrons. The summed E-state index contributed by atoms with van der Waals surface area (Å²) < 4.78 is 5.38. The minimum Gasteiger partial charge on any atom is -0.443 e. The molecule has 25 heavy (non-hydrogen) atoms. The highest BCUT2D eigenvalue weighted by atomic mass is 16.6. The molecule has 0 heterocycles. The molecule has 0 aromatic heterocycles. The number of amides is 2. The summed E-state index contributed by atoms with van der Waals surface area (Å²) in [6.07, 6.45) is 2.42. The molecule has 0 saturated heterocycles. The Labute approximate surface area is 148 Å². The van der Waals surface area contributed by atoms with E-state index < -0.39 is 17.6 Å². The van der Waals surface area contributed by atoms with E-state index in [1.54, 1.807) is 26.8 Å². The van der Waals surface area contributed by atoms with Gasteiger partial charge in [0.05, 0.1) is 6.54 Å². The van der Waals surface area contributed by atoms with Crippen molar-refractivity contribution in [3.63, 3.8) is 0 Å². The molecule has 0 aliphatic heterocycles. The maximum absolute atomic E-state index is 12.6. The van der Waals surface area contributed by atoms with Crippen LogP contribution < -0.4 is 0 Å². The van der Waals surface area contributed by atoms with Gasteiger partial charge in [-0.15, -0.1) is 0 Å². The van der Waals surface area contributed by atoms with E-state index in [9.17, 15) is 9.59 Å². The van der Waals surface area contributed by atoms with Crippen LogP contribution in [-0.4, -0.2) is 22.5 Å². The maximum Gasteiger partial charge on any atom is 0.417 e.